The van der Waals surface area contributed by atoms with Gasteiger partial charge in [-0.05, 0) is 24.1 Å². The van der Waals surface area contributed by atoms with Gasteiger partial charge in [0.15, 0.2) is 5.13 Å². The first-order valence-corrected chi connectivity index (χ1v) is 7.61. The Morgan fingerprint density at radius 3 is 3.00 bits per heavy atom. The second kappa shape index (κ2) is 7.64. The number of carbonyl (C=O) groups excluding carboxylic acids is 1. The summed E-state index contributed by atoms with van der Waals surface area (Å²) in [6.45, 7) is 0.467. The van der Waals surface area contributed by atoms with Crippen LogP contribution in [0.3, 0.4) is 0 Å². The van der Waals surface area contributed by atoms with Crippen molar-refractivity contribution in [3.8, 4) is 5.75 Å². The maximum absolute atomic E-state index is 11.8. The molecule has 0 saturated carbocycles. The molecule has 0 bridgehead atoms. The number of ether oxygens (including phenoxy) is 1. The van der Waals surface area contributed by atoms with E-state index in [1.807, 2.05) is 36.7 Å². The second-order valence-corrected chi connectivity index (χ2v) is 5.38. The molecule has 0 aliphatic rings. The Balaban J connectivity index is 1.76. The lowest BCUT2D eigenvalue weighted by Gasteiger charge is -2.05. The minimum absolute atomic E-state index is 0.0248. The Labute approximate surface area is 128 Å². The van der Waals surface area contributed by atoms with Crippen molar-refractivity contribution in [3.05, 3.63) is 40.9 Å². The van der Waals surface area contributed by atoms with Crippen LogP contribution in [0.25, 0.3) is 0 Å². The quantitative estimate of drug-likeness (QED) is 0.825. The highest BCUT2D eigenvalue weighted by atomic mass is 32.1. The third-order valence-corrected chi connectivity index (χ3v) is 3.92. The van der Waals surface area contributed by atoms with Gasteiger partial charge >= 0.3 is 0 Å². The molecular weight excluding hydrogens is 286 g/mol. The van der Waals surface area contributed by atoms with Crippen molar-refractivity contribution in [2.45, 2.75) is 19.4 Å². The molecular formula is C15H19N3O2S. The van der Waals surface area contributed by atoms with Crippen LogP contribution in [0.15, 0.2) is 29.6 Å². The summed E-state index contributed by atoms with van der Waals surface area (Å²) >= 11 is 1.53. The first-order chi connectivity index (χ1) is 10.2. The molecule has 0 aliphatic carbocycles. The van der Waals surface area contributed by atoms with Crippen LogP contribution in [0.5, 0.6) is 5.75 Å². The maximum Gasteiger partial charge on any atom is 0.220 e. The van der Waals surface area contributed by atoms with E-state index in [0.717, 1.165) is 22.1 Å². The number of methoxy groups -OCH3 is 1. The van der Waals surface area contributed by atoms with E-state index in [1.54, 1.807) is 7.11 Å². The highest BCUT2D eigenvalue weighted by Gasteiger charge is 2.05. The average Bonchev–Trinajstić information content (AvgIpc) is 2.99. The zero-order chi connectivity index (χ0) is 15.1. The van der Waals surface area contributed by atoms with Gasteiger partial charge in [0.05, 0.1) is 19.3 Å². The topological polar surface area (TPSA) is 63.2 Å². The lowest BCUT2D eigenvalue weighted by Crippen LogP contribution is -2.23. The molecule has 0 saturated heterocycles. The fourth-order valence-electron chi connectivity index (χ4n) is 1.87. The van der Waals surface area contributed by atoms with Crippen LogP contribution in [0.1, 0.15) is 17.7 Å². The van der Waals surface area contributed by atoms with E-state index in [0.29, 0.717) is 19.4 Å². The molecule has 0 fully saturated rings. The molecule has 2 aromatic rings. The summed E-state index contributed by atoms with van der Waals surface area (Å²) < 4.78 is 5.17. The molecule has 1 amide bonds. The van der Waals surface area contributed by atoms with Gasteiger partial charge in [0.1, 0.15) is 5.75 Å². The van der Waals surface area contributed by atoms with Gasteiger partial charge in [0, 0.05) is 18.8 Å². The third-order valence-electron chi connectivity index (χ3n) is 3.01. The number of aryl methyl sites for hydroxylation is 1. The lowest BCUT2D eigenvalue weighted by molar-refractivity contribution is -0.121. The predicted octanol–water partition coefficient (Wildman–Crippen LogP) is 2.44. The first kappa shape index (κ1) is 15.3. The monoisotopic (exact) mass is 305 g/mol. The van der Waals surface area contributed by atoms with E-state index in [-0.39, 0.29) is 5.91 Å². The van der Waals surface area contributed by atoms with Crippen molar-refractivity contribution < 1.29 is 9.53 Å². The van der Waals surface area contributed by atoms with Gasteiger partial charge in [-0.25, -0.2) is 4.98 Å². The number of aromatic nitrogens is 1. The number of amides is 1. The molecule has 1 aromatic carbocycles. The molecule has 0 atom stereocenters. The van der Waals surface area contributed by atoms with Crippen LogP contribution < -0.4 is 15.4 Å². The normalized spacial score (nSPS) is 10.2. The summed E-state index contributed by atoms with van der Waals surface area (Å²) in [5.41, 5.74) is 1.97. The van der Waals surface area contributed by atoms with E-state index >= 15 is 0 Å². The molecule has 6 heteroatoms. The number of thiazole rings is 1. The van der Waals surface area contributed by atoms with Gasteiger partial charge in [0.25, 0.3) is 0 Å². The number of nitrogens with zero attached hydrogens (tertiary/aromatic N) is 1. The molecule has 1 aromatic heterocycles. The minimum Gasteiger partial charge on any atom is -0.497 e. The summed E-state index contributed by atoms with van der Waals surface area (Å²) in [6, 6.07) is 7.77. The Morgan fingerprint density at radius 2 is 2.29 bits per heavy atom. The van der Waals surface area contributed by atoms with Crippen molar-refractivity contribution in [1.82, 2.24) is 10.3 Å². The van der Waals surface area contributed by atoms with Gasteiger partial charge in [-0.3, -0.25) is 4.79 Å². The first-order valence-electron chi connectivity index (χ1n) is 6.73. The fraction of sp³-hybridized carbons (Fsp3) is 0.333. The van der Waals surface area contributed by atoms with Crippen molar-refractivity contribution in [3.63, 3.8) is 0 Å². The number of hydrogen-bond donors (Lipinski definition) is 2. The van der Waals surface area contributed by atoms with E-state index < -0.39 is 0 Å². The van der Waals surface area contributed by atoms with E-state index in [4.69, 9.17) is 4.74 Å². The summed E-state index contributed by atoms with van der Waals surface area (Å²) in [6.07, 6.45) is 1.15. The van der Waals surface area contributed by atoms with E-state index in [9.17, 15) is 4.79 Å². The number of carbonyl (C=O) groups is 1. The van der Waals surface area contributed by atoms with Gasteiger partial charge in [-0.1, -0.05) is 12.1 Å². The Bertz CT molecular complexity index is 598. The summed E-state index contributed by atoms with van der Waals surface area (Å²) in [4.78, 5) is 16.2. The molecule has 0 aliphatic heterocycles. The number of hydrogen-bond acceptors (Lipinski definition) is 5. The molecule has 21 heavy (non-hydrogen) atoms. The van der Waals surface area contributed by atoms with Crippen molar-refractivity contribution >= 4 is 22.4 Å². The lowest BCUT2D eigenvalue weighted by atomic mass is 10.1. The van der Waals surface area contributed by atoms with Gasteiger partial charge in [-0.15, -0.1) is 11.3 Å². The van der Waals surface area contributed by atoms with Crippen LogP contribution in [-0.2, 0) is 17.8 Å². The van der Waals surface area contributed by atoms with Crippen LogP contribution in [0.2, 0.25) is 0 Å². The van der Waals surface area contributed by atoms with Crippen molar-refractivity contribution in [1.29, 1.82) is 0 Å². The Morgan fingerprint density at radius 1 is 1.43 bits per heavy atom. The fourth-order valence-corrected chi connectivity index (χ4v) is 2.54. The maximum atomic E-state index is 11.8. The van der Waals surface area contributed by atoms with Crippen molar-refractivity contribution in [2.24, 2.45) is 0 Å². The molecule has 112 valence electrons. The van der Waals surface area contributed by atoms with Crippen molar-refractivity contribution in [2.75, 3.05) is 19.5 Å². The van der Waals surface area contributed by atoms with Crippen LogP contribution in [0.4, 0.5) is 5.13 Å². The number of benzene rings is 1. The average molecular weight is 305 g/mol. The molecule has 0 unspecified atom stereocenters. The summed E-state index contributed by atoms with van der Waals surface area (Å²) in [5.74, 6) is 0.840. The number of rotatable bonds is 7. The van der Waals surface area contributed by atoms with Crippen LogP contribution in [0, 0.1) is 0 Å². The Hall–Kier alpha value is -2.08. The minimum atomic E-state index is 0.0248. The smallest absolute Gasteiger partial charge is 0.220 e. The van der Waals surface area contributed by atoms with Gasteiger partial charge in [-0.2, -0.15) is 0 Å². The second-order valence-electron chi connectivity index (χ2n) is 4.52. The standard InChI is InChI=1S/C15H19N3O2S/c1-16-15-18-12(10-21-15)9-17-14(19)7-6-11-4-3-5-13(8-11)20-2/h3-5,8,10H,6-7,9H2,1-2H3,(H,16,18)(H,17,19). The number of nitrogens with one attached hydrogen (secondary N) is 2. The van der Waals surface area contributed by atoms with E-state index in [2.05, 4.69) is 15.6 Å². The summed E-state index contributed by atoms with van der Waals surface area (Å²) in [7, 11) is 3.47. The van der Waals surface area contributed by atoms with Crippen LogP contribution >= 0.6 is 11.3 Å². The predicted molar refractivity (Wildman–Crippen MR) is 84.8 cm³/mol. The van der Waals surface area contributed by atoms with Crippen LogP contribution in [-0.4, -0.2) is 25.0 Å². The molecule has 2 rings (SSSR count). The largest absolute Gasteiger partial charge is 0.497 e. The SMILES string of the molecule is CNc1nc(CNC(=O)CCc2cccc(OC)c2)cs1. The van der Waals surface area contributed by atoms with Gasteiger partial charge in [0.2, 0.25) is 5.91 Å². The molecule has 0 radical (unpaired) electrons. The highest BCUT2D eigenvalue weighted by molar-refractivity contribution is 7.13. The third kappa shape index (κ3) is 4.75. The summed E-state index contributed by atoms with van der Waals surface area (Å²) in [5, 5.41) is 8.65. The zero-order valence-electron chi connectivity index (χ0n) is 12.2. The number of anilines is 1. The molecule has 2 N–H and O–H groups in total. The highest BCUT2D eigenvalue weighted by Crippen LogP contribution is 2.15. The molecule has 1 heterocycles. The molecule has 0 spiro atoms. The van der Waals surface area contributed by atoms with E-state index in [1.165, 1.54) is 11.3 Å². The molecule has 5 nitrogen and oxygen atoms in total. The van der Waals surface area contributed by atoms with Gasteiger partial charge < -0.3 is 15.4 Å². The zero-order valence-corrected chi connectivity index (χ0v) is 13.0. The Kier molecular flexibility index (Phi) is 5.57.